The average molecular weight is 345 g/mol. The van der Waals surface area contributed by atoms with Crippen molar-refractivity contribution in [1.29, 1.82) is 0 Å². The SMILES string of the molecule is O=C(Nc1ccc2c(c1)C(=O)NCC2)c1ccc(Br)cc1. The number of hydrogen-bond donors (Lipinski definition) is 2. The maximum absolute atomic E-state index is 12.1. The van der Waals surface area contributed by atoms with E-state index < -0.39 is 0 Å². The highest BCUT2D eigenvalue weighted by Gasteiger charge is 2.17. The number of benzene rings is 2. The number of hydrogen-bond acceptors (Lipinski definition) is 2. The van der Waals surface area contributed by atoms with E-state index in [2.05, 4.69) is 26.6 Å². The summed E-state index contributed by atoms with van der Waals surface area (Å²) < 4.78 is 0.921. The molecule has 4 nitrogen and oxygen atoms in total. The second-order valence-corrected chi connectivity index (χ2v) is 5.75. The van der Waals surface area contributed by atoms with Crippen molar-refractivity contribution in [3.63, 3.8) is 0 Å². The van der Waals surface area contributed by atoms with Gasteiger partial charge in [0.05, 0.1) is 0 Å². The lowest BCUT2D eigenvalue weighted by atomic mass is 10.00. The fraction of sp³-hybridized carbons (Fsp3) is 0.125. The van der Waals surface area contributed by atoms with Gasteiger partial charge in [0, 0.05) is 27.8 Å². The van der Waals surface area contributed by atoms with Gasteiger partial charge >= 0.3 is 0 Å². The van der Waals surface area contributed by atoms with Crippen LogP contribution in [0, 0.1) is 0 Å². The molecule has 0 saturated carbocycles. The number of anilines is 1. The summed E-state index contributed by atoms with van der Waals surface area (Å²) in [5.41, 5.74) is 2.84. The van der Waals surface area contributed by atoms with Crippen molar-refractivity contribution in [2.45, 2.75) is 6.42 Å². The minimum absolute atomic E-state index is 0.0870. The summed E-state index contributed by atoms with van der Waals surface area (Å²) in [6, 6.07) is 12.6. The number of nitrogens with one attached hydrogen (secondary N) is 2. The third-order valence-corrected chi connectivity index (χ3v) is 3.93. The molecular weight excluding hydrogens is 332 g/mol. The molecule has 0 aliphatic carbocycles. The molecule has 0 radical (unpaired) electrons. The van der Waals surface area contributed by atoms with Crippen molar-refractivity contribution in [3.05, 3.63) is 63.6 Å². The van der Waals surface area contributed by atoms with Crippen LogP contribution in [0.15, 0.2) is 46.9 Å². The van der Waals surface area contributed by atoms with Crippen LogP contribution in [-0.4, -0.2) is 18.4 Å². The molecule has 0 saturated heterocycles. The number of rotatable bonds is 2. The molecular formula is C16H13BrN2O2. The number of carbonyl (C=O) groups excluding carboxylic acids is 2. The molecule has 0 unspecified atom stereocenters. The summed E-state index contributed by atoms with van der Waals surface area (Å²) in [6.45, 7) is 0.663. The van der Waals surface area contributed by atoms with Crippen molar-refractivity contribution in [2.24, 2.45) is 0 Å². The van der Waals surface area contributed by atoms with E-state index in [1.165, 1.54) is 0 Å². The summed E-state index contributed by atoms with van der Waals surface area (Å²) >= 11 is 3.33. The zero-order chi connectivity index (χ0) is 14.8. The molecule has 106 valence electrons. The third-order valence-electron chi connectivity index (χ3n) is 3.40. The molecule has 2 amide bonds. The Morgan fingerprint density at radius 2 is 1.90 bits per heavy atom. The molecule has 2 aromatic rings. The zero-order valence-corrected chi connectivity index (χ0v) is 12.7. The maximum Gasteiger partial charge on any atom is 0.255 e. The van der Waals surface area contributed by atoms with Gasteiger partial charge in [0.25, 0.3) is 11.8 Å². The van der Waals surface area contributed by atoms with Crippen LogP contribution in [-0.2, 0) is 6.42 Å². The normalized spacial score (nSPS) is 13.3. The van der Waals surface area contributed by atoms with Crippen molar-refractivity contribution in [1.82, 2.24) is 5.32 Å². The summed E-state index contributed by atoms with van der Waals surface area (Å²) in [5.74, 6) is -0.283. The Bertz CT molecular complexity index is 711. The Morgan fingerprint density at radius 3 is 2.67 bits per heavy atom. The van der Waals surface area contributed by atoms with Crippen LogP contribution in [0.1, 0.15) is 26.3 Å². The van der Waals surface area contributed by atoms with Crippen LogP contribution < -0.4 is 10.6 Å². The van der Waals surface area contributed by atoms with Gasteiger partial charge in [-0.15, -0.1) is 0 Å². The molecule has 1 heterocycles. The molecule has 0 spiro atoms. The first kappa shape index (κ1) is 13.8. The largest absolute Gasteiger partial charge is 0.352 e. The lowest BCUT2D eigenvalue weighted by Gasteiger charge is -2.17. The Kier molecular flexibility index (Phi) is 3.75. The summed E-state index contributed by atoms with van der Waals surface area (Å²) in [4.78, 5) is 23.9. The number of carbonyl (C=O) groups is 2. The molecule has 1 aliphatic rings. The topological polar surface area (TPSA) is 58.2 Å². The van der Waals surface area contributed by atoms with Gasteiger partial charge in [0.1, 0.15) is 0 Å². The predicted octanol–water partition coefficient (Wildman–Crippen LogP) is 2.99. The number of halogens is 1. The van der Waals surface area contributed by atoms with Gasteiger partial charge in [-0.25, -0.2) is 0 Å². The summed E-state index contributed by atoms with van der Waals surface area (Å²) in [5, 5.41) is 5.61. The highest BCUT2D eigenvalue weighted by Crippen LogP contribution is 2.20. The number of amides is 2. The van der Waals surface area contributed by atoms with E-state index in [0.717, 1.165) is 16.5 Å². The van der Waals surface area contributed by atoms with Crippen molar-refractivity contribution in [3.8, 4) is 0 Å². The zero-order valence-electron chi connectivity index (χ0n) is 11.2. The molecule has 21 heavy (non-hydrogen) atoms. The maximum atomic E-state index is 12.1. The molecule has 0 fully saturated rings. The molecule has 0 aromatic heterocycles. The Morgan fingerprint density at radius 1 is 1.14 bits per heavy atom. The smallest absolute Gasteiger partial charge is 0.255 e. The van der Waals surface area contributed by atoms with E-state index in [1.807, 2.05) is 24.3 Å². The van der Waals surface area contributed by atoms with Crippen LogP contribution in [0.3, 0.4) is 0 Å². The minimum Gasteiger partial charge on any atom is -0.352 e. The molecule has 3 rings (SSSR count). The van der Waals surface area contributed by atoms with Crippen LogP contribution in [0.4, 0.5) is 5.69 Å². The first-order chi connectivity index (χ1) is 10.1. The van der Waals surface area contributed by atoms with Gasteiger partial charge < -0.3 is 10.6 Å². The van der Waals surface area contributed by atoms with Gasteiger partial charge in [0.2, 0.25) is 0 Å². The first-order valence-corrected chi connectivity index (χ1v) is 7.41. The van der Waals surface area contributed by atoms with Crippen LogP contribution in [0.2, 0.25) is 0 Å². The minimum atomic E-state index is -0.196. The molecule has 1 aliphatic heterocycles. The third kappa shape index (κ3) is 2.97. The van der Waals surface area contributed by atoms with Crippen molar-refractivity contribution >= 4 is 33.4 Å². The average Bonchev–Trinajstić information content (AvgIpc) is 2.49. The quantitative estimate of drug-likeness (QED) is 0.879. The van der Waals surface area contributed by atoms with E-state index in [1.54, 1.807) is 18.2 Å². The summed E-state index contributed by atoms with van der Waals surface area (Å²) in [7, 11) is 0. The Hall–Kier alpha value is -2.14. The van der Waals surface area contributed by atoms with Crippen LogP contribution in [0.25, 0.3) is 0 Å². The highest BCUT2D eigenvalue weighted by atomic mass is 79.9. The van der Waals surface area contributed by atoms with E-state index in [-0.39, 0.29) is 11.8 Å². The molecule has 2 N–H and O–H groups in total. The summed E-state index contributed by atoms with van der Waals surface area (Å²) in [6.07, 6.45) is 0.821. The van der Waals surface area contributed by atoms with Gasteiger partial charge in [-0.05, 0) is 48.4 Å². The van der Waals surface area contributed by atoms with Crippen molar-refractivity contribution in [2.75, 3.05) is 11.9 Å². The Labute approximate surface area is 130 Å². The lowest BCUT2D eigenvalue weighted by molar-refractivity contribution is 0.0944. The predicted molar refractivity (Wildman–Crippen MR) is 84.6 cm³/mol. The van der Waals surface area contributed by atoms with Gasteiger partial charge in [0.15, 0.2) is 0 Å². The molecule has 5 heteroatoms. The molecule has 0 bridgehead atoms. The van der Waals surface area contributed by atoms with E-state index >= 15 is 0 Å². The van der Waals surface area contributed by atoms with E-state index in [9.17, 15) is 9.59 Å². The highest BCUT2D eigenvalue weighted by molar-refractivity contribution is 9.10. The van der Waals surface area contributed by atoms with Crippen LogP contribution in [0.5, 0.6) is 0 Å². The van der Waals surface area contributed by atoms with Gasteiger partial charge in [-0.2, -0.15) is 0 Å². The van der Waals surface area contributed by atoms with E-state index in [0.29, 0.717) is 23.4 Å². The fourth-order valence-electron chi connectivity index (χ4n) is 2.29. The second-order valence-electron chi connectivity index (χ2n) is 4.84. The monoisotopic (exact) mass is 344 g/mol. The fourth-order valence-corrected chi connectivity index (χ4v) is 2.56. The van der Waals surface area contributed by atoms with Gasteiger partial charge in [-0.1, -0.05) is 22.0 Å². The number of fused-ring (bicyclic) bond motifs is 1. The molecule has 0 atom stereocenters. The van der Waals surface area contributed by atoms with Crippen molar-refractivity contribution < 1.29 is 9.59 Å². The Balaban J connectivity index is 1.82. The van der Waals surface area contributed by atoms with E-state index in [4.69, 9.17) is 0 Å². The van der Waals surface area contributed by atoms with Gasteiger partial charge in [-0.3, -0.25) is 9.59 Å². The lowest BCUT2D eigenvalue weighted by Crippen LogP contribution is -2.31. The first-order valence-electron chi connectivity index (χ1n) is 6.61. The second kappa shape index (κ2) is 5.69. The molecule has 2 aromatic carbocycles. The standard InChI is InChI=1S/C16H13BrN2O2/c17-12-4-1-11(2-5-12)15(20)19-13-6-3-10-7-8-18-16(21)14(10)9-13/h1-6,9H,7-8H2,(H,18,21)(H,19,20). The van der Waals surface area contributed by atoms with Crippen LogP contribution >= 0.6 is 15.9 Å².